The zero-order chi connectivity index (χ0) is 18.9. The van der Waals surface area contributed by atoms with E-state index in [2.05, 4.69) is 19.7 Å². The van der Waals surface area contributed by atoms with Crippen molar-refractivity contribution < 1.29 is 30.8 Å². The summed E-state index contributed by atoms with van der Waals surface area (Å²) in [6.07, 6.45) is -4.93. The first kappa shape index (κ1) is 19.3. The molecule has 1 saturated heterocycles. The number of aryl methyl sites for hydroxylation is 1. The lowest BCUT2D eigenvalue weighted by Crippen LogP contribution is -2.45. The molecule has 26 heavy (non-hydrogen) atoms. The zero-order valence-electron chi connectivity index (χ0n) is 13.6. The Balaban J connectivity index is 1.77. The summed E-state index contributed by atoms with van der Waals surface area (Å²) in [7, 11) is -3.83. The minimum absolute atomic E-state index is 0.00201. The second-order valence-corrected chi connectivity index (χ2v) is 8.65. The van der Waals surface area contributed by atoms with Gasteiger partial charge in [0.15, 0.2) is 0 Å². The van der Waals surface area contributed by atoms with Crippen LogP contribution in [0.2, 0.25) is 0 Å². The molecule has 0 saturated carbocycles. The molecule has 3 rings (SSSR count). The van der Waals surface area contributed by atoms with E-state index in [0.717, 1.165) is 17.4 Å². The second-order valence-electron chi connectivity index (χ2n) is 5.65. The number of morpholine rings is 1. The van der Waals surface area contributed by atoms with Gasteiger partial charge in [-0.2, -0.15) is 13.2 Å². The highest BCUT2D eigenvalue weighted by Crippen LogP contribution is 2.36. The van der Waals surface area contributed by atoms with E-state index in [1.54, 1.807) is 6.92 Å². The minimum atomic E-state index is -4.65. The molecule has 0 bridgehead atoms. The molecule has 1 aliphatic rings. The zero-order valence-corrected chi connectivity index (χ0v) is 15.2. The van der Waals surface area contributed by atoms with Crippen molar-refractivity contribution in [3.05, 3.63) is 22.8 Å². The first-order chi connectivity index (χ1) is 12.2. The summed E-state index contributed by atoms with van der Waals surface area (Å²) >= 11 is 1.03. The lowest BCUT2D eigenvalue weighted by Gasteiger charge is -2.23. The summed E-state index contributed by atoms with van der Waals surface area (Å²) in [5, 5.41) is 6.47. The van der Waals surface area contributed by atoms with Crippen LogP contribution in [0, 0.1) is 6.92 Å². The highest BCUT2D eigenvalue weighted by molar-refractivity contribution is 7.89. The summed E-state index contributed by atoms with van der Waals surface area (Å²) in [6, 6.07) is 2.04. The lowest BCUT2D eigenvalue weighted by atomic mass is 10.3. The number of thiophene rings is 1. The fourth-order valence-electron chi connectivity index (χ4n) is 2.41. The molecule has 0 amide bonds. The van der Waals surface area contributed by atoms with Crippen molar-refractivity contribution in [2.24, 2.45) is 0 Å². The van der Waals surface area contributed by atoms with Crippen LogP contribution in [0.4, 0.5) is 13.2 Å². The normalized spacial score (nSPS) is 19.0. The van der Waals surface area contributed by atoms with Crippen molar-refractivity contribution in [2.75, 3.05) is 26.2 Å². The van der Waals surface area contributed by atoms with Crippen molar-refractivity contribution >= 4 is 21.4 Å². The average Bonchev–Trinajstić information content (AvgIpc) is 3.20. The third-order valence-electron chi connectivity index (χ3n) is 3.71. The molecular weight excluding hydrogens is 395 g/mol. The topological polar surface area (TPSA) is 93.5 Å². The molecule has 2 aromatic rings. The van der Waals surface area contributed by atoms with Crippen molar-refractivity contribution in [1.82, 2.24) is 15.2 Å². The maximum Gasteiger partial charge on any atom is 0.452 e. The van der Waals surface area contributed by atoms with Gasteiger partial charge in [0.25, 0.3) is 0 Å². The Labute approximate surface area is 151 Å². The molecule has 2 N–H and O–H groups in total. The molecule has 0 radical (unpaired) electrons. The van der Waals surface area contributed by atoms with E-state index in [-0.39, 0.29) is 28.1 Å². The fraction of sp³-hybridized carbons (Fsp3) is 0.500. The number of halogens is 3. The molecule has 3 heterocycles. The smallest absolute Gasteiger partial charge is 0.374 e. The van der Waals surface area contributed by atoms with E-state index >= 15 is 0 Å². The standard InChI is InChI=1S/C14H16F3N3O4S2/c1-8-12(26(21,22)19-7-9-6-18-2-3-23-9)5-11(25-8)10-4-13(24-20-10)14(15,16)17/h4-5,9,18-19H,2-3,6-7H2,1H3/t9-/m1/s1. The highest BCUT2D eigenvalue weighted by Gasteiger charge is 2.36. The fourth-order valence-corrected chi connectivity index (χ4v) is 5.02. The molecule has 12 heteroatoms. The van der Waals surface area contributed by atoms with Crippen molar-refractivity contribution in [3.8, 4) is 10.6 Å². The summed E-state index contributed by atoms with van der Waals surface area (Å²) in [4.78, 5) is 0.710. The van der Waals surface area contributed by atoms with Gasteiger partial charge < -0.3 is 14.6 Å². The Hall–Kier alpha value is -1.47. The molecule has 0 aliphatic carbocycles. The first-order valence-electron chi connectivity index (χ1n) is 7.63. The van der Waals surface area contributed by atoms with E-state index in [1.165, 1.54) is 6.07 Å². The van der Waals surface area contributed by atoms with E-state index in [4.69, 9.17) is 4.74 Å². The Bertz CT molecular complexity index is 870. The van der Waals surface area contributed by atoms with Crippen LogP contribution in [-0.4, -0.2) is 45.9 Å². The van der Waals surface area contributed by atoms with Gasteiger partial charge in [0.1, 0.15) is 5.69 Å². The maximum absolute atomic E-state index is 12.6. The third kappa shape index (κ3) is 4.26. The number of sulfonamides is 1. The second kappa shape index (κ2) is 7.27. The molecule has 144 valence electrons. The molecular formula is C14H16F3N3O4S2. The predicted octanol–water partition coefficient (Wildman–Crippen LogP) is 2.00. The molecule has 7 nitrogen and oxygen atoms in total. The largest absolute Gasteiger partial charge is 0.452 e. The van der Waals surface area contributed by atoms with Gasteiger partial charge in [-0.25, -0.2) is 13.1 Å². The summed E-state index contributed by atoms with van der Waals surface area (Å²) in [6.45, 7) is 3.43. The van der Waals surface area contributed by atoms with Gasteiger partial charge >= 0.3 is 6.18 Å². The molecule has 0 spiro atoms. The van der Waals surface area contributed by atoms with Crippen molar-refractivity contribution in [1.29, 1.82) is 0 Å². The molecule has 1 fully saturated rings. The number of hydrogen-bond donors (Lipinski definition) is 2. The van der Waals surface area contributed by atoms with Crippen molar-refractivity contribution in [3.63, 3.8) is 0 Å². The Morgan fingerprint density at radius 1 is 1.42 bits per heavy atom. The van der Waals surface area contributed by atoms with Crippen LogP contribution in [0.15, 0.2) is 21.6 Å². The van der Waals surface area contributed by atoms with Gasteiger partial charge in [-0.05, 0) is 13.0 Å². The van der Waals surface area contributed by atoms with Crippen LogP contribution in [0.5, 0.6) is 0 Å². The van der Waals surface area contributed by atoms with Crippen LogP contribution in [-0.2, 0) is 20.9 Å². The number of nitrogens with zero attached hydrogens (tertiary/aromatic N) is 1. The van der Waals surface area contributed by atoms with Gasteiger partial charge in [0.2, 0.25) is 15.8 Å². The van der Waals surface area contributed by atoms with E-state index < -0.39 is 22.0 Å². The Morgan fingerprint density at radius 3 is 2.81 bits per heavy atom. The number of aromatic nitrogens is 1. The molecule has 0 aromatic carbocycles. The maximum atomic E-state index is 12.6. The van der Waals surface area contributed by atoms with Crippen LogP contribution in [0.3, 0.4) is 0 Å². The van der Waals surface area contributed by atoms with Gasteiger partial charge in [0.05, 0.1) is 22.5 Å². The molecule has 0 unspecified atom stereocenters. The summed E-state index contributed by atoms with van der Waals surface area (Å²) < 4.78 is 75.0. The summed E-state index contributed by atoms with van der Waals surface area (Å²) in [5.41, 5.74) is -0.0633. The number of nitrogens with one attached hydrogen (secondary N) is 2. The Morgan fingerprint density at radius 2 is 2.19 bits per heavy atom. The number of alkyl halides is 3. The monoisotopic (exact) mass is 411 g/mol. The van der Waals surface area contributed by atoms with Crippen LogP contribution < -0.4 is 10.0 Å². The van der Waals surface area contributed by atoms with Gasteiger partial charge in [0, 0.05) is 30.6 Å². The lowest BCUT2D eigenvalue weighted by molar-refractivity contribution is -0.155. The third-order valence-corrected chi connectivity index (χ3v) is 6.46. The Kier molecular flexibility index (Phi) is 5.40. The van der Waals surface area contributed by atoms with E-state index in [9.17, 15) is 21.6 Å². The van der Waals surface area contributed by atoms with Gasteiger partial charge in [-0.1, -0.05) is 5.16 Å². The van der Waals surface area contributed by atoms with E-state index in [0.29, 0.717) is 24.6 Å². The molecule has 2 aromatic heterocycles. The predicted molar refractivity (Wildman–Crippen MR) is 87.4 cm³/mol. The minimum Gasteiger partial charge on any atom is -0.374 e. The first-order valence-corrected chi connectivity index (χ1v) is 9.93. The number of ether oxygens (including phenoxy) is 1. The van der Waals surface area contributed by atoms with Crippen LogP contribution in [0.1, 0.15) is 10.6 Å². The van der Waals surface area contributed by atoms with E-state index in [1.807, 2.05) is 0 Å². The SMILES string of the molecule is Cc1sc(-c2cc(C(F)(F)F)on2)cc1S(=O)(=O)NC[C@H]1CNCCO1. The highest BCUT2D eigenvalue weighted by atomic mass is 32.2. The number of hydrogen-bond acceptors (Lipinski definition) is 7. The quantitative estimate of drug-likeness (QED) is 0.782. The molecule has 1 aliphatic heterocycles. The molecule has 1 atom stereocenters. The van der Waals surface area contributed by atoms with Crippen LogP contribution >= 0.6 is 11.3 Å². The number of rotatable bonds is 5. The summed E-state index contributed by atoms with van der Waals surface area (Å²) in [5.74, 6) is -1.23. The average molecular weight is 411 g/mol. The van der Waals surface area contributed by atoms with Gasteiger partial charge in [-0.15, -0.1) is 11.3 Å². The van der Waals surface area contributed by atoms with Gasteiger partial charge in [-0.3, -0.25) is 0 Å². The van der Waals surface area contributed by atoms with Crippen LogP contribution in [0.25, 0.3) is 10.6 Å². The van der Waals surface area contributed by atoms with Crippen molar-refractivity contribution in [2.45, 2.75) is 24.1 Å².